The molecule has 5 aromatic rings. The molecule has 0 bridgehead atoms. The Bertz CT molecular complexity index is 1890. The number of furan rings is 1. The Balaban J connectivity index is 1.13. The van der Waals surface area contributed by atoms with E-state index in [4.69, 9.17) is 10.2 Å². The summed E-state index contributed by atoms with van der Waals surface area (Å²) in [6, 6.07) is 7.31. The van der Waals surface area contributed by atoms with Crippen LogP contribution in [0.2, 0.25) is 0 Å². The molecule has 1 aromatic carbocycles. The third-order valence-electron chi connectivity index (χ3n) is 7.33. The molecule has 1 fully saturated rings. The normalized spacial score (nSPS) is 15.0. The summed E-state index contributed by atoms with van der Waals surface area (Å²) in [5.74, 6) is -1.43. The van der Waals surface area contributed by atoms with Crippen molar-refractivity contribution in [2.24, 2.45) is 0 Å². The summed E-state index contributed by atoms with van der Waals surface area (Å²) in [5, 5.41) is 7.00. The number of aromatic nitrogens is 4. The molecule has 0 saturated carbocycles. The quantitative estimate of drug-likeness (QED) is 0.250. The van der Waals surface area contributed by atoms with Crippen LogP contribution in [0.5, 0.6) is 0 Å². The average Bonchev–Trinajstić information content (AvgIpc) is 3.72. The second-order valence-corrected chi connectivity index (χ2v) is 12.6. The Morgan fingerprint density at radius 3 is 2.67 bits per heavy atom. The van der Waals surface area contributed by atoms with Gasteiger partial charge in [0.25, 0.3) is 5.91 Å². The zero-order valence-electron chi connectivity index (χ0n) is 23.1. The van der Waals surface area contributed by atoms with Gasteiger partial charge in [0, 0.05) is 74.7 Å². The van der Waals surface area contributed by atoms with Crippen LogP contribution >= 0.6 is 11.3 Å². The van der Waals surface area contributed by atoms with Crippen molar-refractivity contribution in [2.75, 3.05) is 61.9 Å². The number of nitrogen functional groups attached to an aromatic ring is 1. The number of carbonyl (C=O) groups is 1. The van der Waals surface area contributed by atoms with Crippen LogP contribution in [-0.2, 0) is 17.3 Å². The zero-order chi connectivity index (χ0) is 30.2. The number of anilines is 2. The molecule has 6 rings (SSSR count). The van der Waals surface area contributed by atoms with Crippen molar-refractivity contribution in [2.45, 2.75) is 6.54 Å². The van der Waals surface area contributed by atoms with Gasteiger partial charge in [-0.05, 0) is 24.3 Å². The standard InChI is InChI=1S/C27H28F2N8O4S2/c1-43(40)12-4-31-25(38)16-13-20(18(29)14-17(16)28)35-8-5-34(6-9-35)7-10-36-24-23(42-27(36)39)21-15-19(22-3-2-11-41-22)33-37(21)26(30)32-24/h2-3,11,13-15H,4-10,12H2,1H3,(H2,30,32)(H,31,38)/t43-/m0/s1. The minimum absolute atomic E-state index is 0.122. The van der Waals surface area contributed by atoms with Crippen molar-refractivity contribution in [1.82, 2.24) is 29.4 Å². The van der Waals surface area contributed by atoms with Crippen LogP contribution in [0.4, 0.5) is 20.4 Å². The van der Waals surface area contributed by atoms with Crippen molar-refractivity contribution >= 4 is 55.5 Å². The van der Waals surface area contributed by atoms with E-state index in [1.807, 2.05) is 6.07 Å². The predicted octanol–water partition coefficient (Wildman–Crippen LogP) is 2.16. The topological polar surface area (TPSA) is 144 Å². The molecule has 0 unspecified atom stereocenters. The van der Waals surface area contributed by atoms with Crippen molar-refractivity contribution in [3.63, 3.8) is 0 Å². The van der Waals surface area contributed by atoms with Gasteiger partial charge in [-0.15, -0.1) is 0 Å². The zero-order valence-corrected chi connectivity index (χ0v) is 24.7. The van der Waals surface area contributed by atoms with Gasteiger partial charge in [-0.3, -0.25) is 23.3 Å². The molecular formula is C27H28F2N8O4S2. The monoisotopic (exact) mass is 630 g/mol. The number of piperazine rings is 1. The summed E-state index contributed by atoms with van der Waals surface area (Å²) in [4.78, 5) is 33.7. The highest BCUT2D eigenvalue weighted by atomic mass is 32.2. The Labute approximate surface area is 250 Å². The first-order chi connectivity index (χ1) is 20.7. The molecule has 0 radical (unpaired) electrons. The van der Waals surface area contributed by atoms with E-state index in [-0.39, 0.29) is 34.4 Å². The fraction of sp³-hybridized carbons (Fsp3) is 0.333. The molecule has 0 spiro atoms. The molecule has 1 saturated heterocycles. The average molecular weight is 631 g/mol. The minimum atomic E-state index is -1.11. The molecule has 1 atom stereocenters. The van der Waals surface area contributed by atoms with Crippen LogP contribution in [0.1, 0.15) is 10.4 Å². The lowest BCUT2D eigenvalue weighted by Gasteiger charge is -2.36. The van der Waals surface area contributed by atoms with E-state index < -0.39 is 28.3 Å². The predicted molar refractivity (Wildman–Crippen MR) is 161 cm³/mol. The maximum Gasteiger partial charge on any atom is 0.309 e. The van der Waals surface area contributed by atoms with E-state index in [1.54, 1.807) is 27.9 Å². The van der Waals surface area contributed by atoms with Gasteiger partial charge >= 0.3 is 4.87 Å². The van der Waals surface area contributed by atoms with E-state index in [9.17, 15) is 22.6 Å². The summed E-state index contributed by atoms with van der Waals surface area (Å²) in [6.07, 6.45) is 3.06. The van der Waals surface area contributed by atoms with Crippen molar-refractivity contribution in [3.8, 4) is 11.5 Å². The van der Waals surface area contributed by atoms with Gasteiger partial charge in [0.05, 0.1) is 23.0 Å². The molecule has 5 heterocycles. The number of hydrogen-bond donors (Lipinski definition) is 2. The first-order valence-electron chi connectivity index (χ1n) is 13.5. The van der Waals surface area contributed by atoms with E-state index in [1.165, 1.54) is 16.8 Å². The lowest BCUT2D eigenvalue weighted by molar-refractivity contribution is 0.0952. The van der Waals surface area contributed by atoms with Gasteiger partial charge in [0.1, 0.15) is 22.0 Å². The summed E-state index contributed by atoms with van der Waals surface area (Å²) < 4.78 is 49.6. The SMILES string of the molecule is C[S@](=O)CCNC(=O)c1cc(N2CCN(CCn3c(=O)sc4c3nc(N)n3nc(-c5ccco5)cc43)CC2)c(F)cc1F. The number of nitrogens with zero attached hydrogens (tertiary/aromatic N) is 6. The highest BCUT2D eigenvalue weighted by Crippen LogP contribution is 2.29. The molecule has 0 aliphatic carbocycles. The maximum atomic E-state index is 14.8. The maximum absolute atomic E-state index is 14.8. The number of thiazole rings is 1. The number of nitrogens with one attached hydrogen (secondary N) is 1. The van der Waals surface area contributed by atoms with E-state index in [2.05, 4.69) is 20.3 Å². The van der Waals surface area contributed by atoms with Gasteiger partial charge in [0.2, 0.25) is 5.95 Å². The fourth-order valence-corrected chi connectivity index (χ4v) is 6.45. The lowest BCUT2D eigenvalue weighted by Crippen LogP contribution is -2.47. The minimum Gasteiger partial charge on any atom is -0.463 e. The molecule has 16 heteroatoms. The first-order valence-corrected chi connectivity index (χ1v) is 16.0. The summed E-state index contributed by atoms with van der Waals surface area (Å²) in [5.41, 5.74) is 7.81. The molecule has 1 aliphatic rings. The molecular weight excluding hydrogens is 602 g/mol. The summed E-state index contributed by atoms with van der Waals surface area (Å²) >= 11 is 1.08. The van der Waals surface area contributed by atoms with E-state index in [0.29, 0.717) is 66.6 Å². The second kappa shape index (κ2) is 11.9. The number of hydrogen-bond acceptors (Lipinski definition) is 10. The molecule has 12 nitrogen and oxygen atoms in total. The van der Waals surface area contributed by atoms with Crippen LogP contribution in [0.3, 0.4) is 0 Å². The van der Waals surface area contributed by atoms with Gasteiger partial charge in [-0.2, -0.15) is 14.6 Å². The Morgan fingerprint density at radius 2 is 1.95 bits per heavy atom. The number of carbonyl (C=O) groups excluding carboxylic acids is 1. The van der Waals surface area contributed by atoms with Crippen LogP contribution in [0.25, 0.3) is 27.3 Å². The Kier molecular flexibility index (Phi) is 7.98. The number of nitrogens with two attached hydrogens (primary N) is 1. The van der Waals surface area contributed by atoms with Gasteiger partial charge in [-0.1, -0.05) is 11.3 Å². The number of halogens is 2. The van der Waals surface area contributed by atoms with Crippen LogP contribution in [0, 0.1) is 11.6 Å². The van der Waals surface area contributed by atoms with Gasteiger partial charge < -0.3 is 20.4 Å². The van der Waals surface area contributed by atoms with Gasteiger partial charge in [0.15, 0.2) is 11.4 Å². The molecule has 1 amide bonds. The van der Waals surface area contributed by atoms with Gasteiger partial charge in [-0.25, -0.2) is 8.78 Å². The van der Waals surface area contributed by atoms with E-state index in [0.717, 1.165) is 17.4 Å². The molecule has 4 aromatic heterocycles. The number of amides is 1. The number of benzene rings is 1. The molecule has 1 aliphatic heterocycles. The molecule has 43 heavy (non-hydrogen) atoms. The second-order valence-electron chi connectivity index (χ2n) is 10.1. The number of fused-ring (bicyclic) bond motifs is 3. The largest absolute Gasteiger partial charge is 0.463 e. The summed E-state index contributed by atoms with van der Waals surface area (Å²) in [6.45, 7) is 3.04. The Hall–Kier alpha value is -4.15. The highest BCUT2D eigenvalue weighted by Gasteiger charge is 2.24. The first kappa shape index (κ1) is 28.9. The molecule has 3 N–H and O–H groups in total. The van der Waals surface area contributed by atoms with E-state index >= 15 is 0 Å². The summed E-state index contributed by atoms with van der Waals surface area (Å²) in [7, 11) is -1.11. The third-order valence-corrected chi connectivity index (χ3v) is 9.10. The fourth-order valence-electron chi connectivity index (χ4n) is 5.10. The van der Waals surface area contributed by atoms with Crippen molar-refractivity contribution in [3.05, 3.63) is 63.5 Å². The third kappa shape index (κ3) is 5.77. The smallest absolute Gasteiger partial charge is 0.309 e. The van der Waals surface area contributed by atoms with Crippen molar-refractivity contribution < 1.29 is 22.2 Å². The van der Waals surface area contributed by atoms with Crippen LogP contribution < -0.4 is 20.8 Å². The van der Waals surface area contributed by atoms with Crippen molar-refractivity contribution in [1.29, 1.82) is 0 Å². The van der Waals surface area contributed by atoms with Crippen LogP contribution in [0.15, 0.2) is 45.8 Å². The molecule has 226 valence electrons. The highest BCUT2D eigenvalue weighted by molar-refractivity contribution is 7.84. The lowest BCUT2D eigenvalue weighted by atomic mass is 10.1. The Morgan fingerprint density at radius 1 is 1.16 bits per heavy atom. The van der Waals surface area contributed by atoms with Crippen LogP contribution in [-0.4, -0.2) is 85.5 Å². The number of rotatable bonds is 9.